The lowest BCUT2D eigenvalue weighted by atomic mass is 9.92. The summed E-state index contributed by atoms with van der Waals surface area (Å²) in [5, 5.41) is 9.33. The molecule has 3 rings (SSSR count). The third kappa shape index (κ3) is 2.76. The zero-order valence-electron chi connectivity index (χ0n) is 15.0. The highest BCUT2D eigenvalue weighted by atomic mass is 16.3. The van der Waals surface area contributed by atoms with E-state index in [2.05, 4.69) is 27.7 Å². The quantitative estimate of drug-likeness (QED) is 0.850. The number of aliphatic hydroxyl groups is 1. The van der Waals surface area contributed by atoms with E-state index >= 15 is 0 Å². The lowest BCUT2D eigenvalue weighted by Crippen LogP contribution is -2.31. The van der Waals surface area contributed by atoms with Crippen LogP contribution < -0.4 is 4.90 Å². The van der Waals surface area contributed by atoms with Crippen LogP contribution >= 0.6 is 0 Å². The molecule has 0 radical (unpaired) electrons. The summed E-state index contributed by atoms with van der Waals surface area (Å²) in [7, 11) is 0. The molecule has 0 fully saturated rings. The van der Waals surface area contributed by atoms with Crippen LogP contribution in [0.1, 0.15) is 76.9 Å². The second kappa shape index (κ2) is 6.45. The largest absolute Gasteiger partial charge is 0.392 e. The Morgan fingerprint density at radius 1 is 0.880 bits per heavy atom. The summed E-state index contributed by atoms with van der Waals surface area (Å²) in [4.78, 5) is 27.4. The molecule has 1 aliphatic heterocycles. The van der Waals surface area contributed by atoms with Crippen LogP contribution in [0.2, 0.25) is 0 Å². The van der Waals surface area contributed by atoms with Crippen LogP contribution in [0.15, 0.2) is 36.4 Å². The summed E-state index contributed by atoms with van der Waals surface area (Å²) < 4.78 is 0. The Morgan fingerprint density at radius 3 is 1.96 bits per heavy atom. The van der Waals surface area contributed by atoms with Crippen LogP contribution in [0.4, 0.5) is 5.69 Å². The summed E-state index contributed by atoms with van der Waals surface area (Å²) in [6.07, 6.45) is 0. The maximum absolute atomic E-state index is 13.0. The van der Waals surface area contributed by atoms with Gasteiger partial charge in [0.2, 0.25) is 0 Å². The second-order valence-corrected chi connectivity index (χ2v) is 7.08. The van der Waals surface area contributed by atoms with Crippen molar-refractivity contribution in [2.45, 2.75) is 46.1 Å². The molecule has 4 nitrogen and oxygen atoms in total. The van der Waals surface area contributed by atoms with E-state index in [9.17, 15) is 14.7 Å². The summed E-state index contributed by atoms with van der Waals surface area (Å²) in [5.41, 5.74) is 4.08. The molecule has 0 spiro atoms. The highest BCUT2D eigenvalue weighted by molar-refractivity contribution is 6.35. The molecule has 2 aromatic rings. The number of benzene rings is 2. The summed E-state index contributed by atoms with van der Waals surface area (Å²) in [6.45, 7) is 8.08. The minimum Gasteiger partial charge on any atom is -0.392 e. The second-order valence-electron chi connectivity index (χ2n) is 7.08. The Bertz CT molecular complexity index is 826. The van der Waals surface area contributed by atoms with E-state index in [1.165, 1.54) is 4.90 Å². The Morgan fingerprint density at radius 2 is 1.44 bits per heavy atom. The first kappa shape index (κ1) is 17.4. The fourth-order valence-electron chi connectivity index (χ4n) is 3.36. The number of amides is 2. The van der Waals surface area contributed by atoms with E-state index in [4.69, 9.17) is 0 Å². The lowest BCUT2D eigenvalue weighted by molar-refractivity contribution is 0.0925. The number of para-hydroxylation sites is 1. The molecule has 1 heterocycles. The summed E-state index contributed by atoms with van der Waals surface area (Å²) in [5.74, 6) is -0.234. The van der Waals surface area contributed by atoms with Gasteiger partial charge in [0.15, 0.2) is 0 Å². The number of carbonyl (C=O) groups excluding carboxylic acids is 2. The first-order chi connectivity index (χ1) is 11.9. The Labute approximate surface area is 148 Å². The molecular formula is C21H23NO3. The molecule has 0 atom stereocenters. The van der Waals surface area contributed by atoms with Crippen molar-refractivity contribution in [1.29, 1.82) is 0 Å². The molecule has 1 N–H and O–H groups in total. The molecule has 2 aromatic carbocycles. The van der Waals surface area contributed by atoms with E-state index in [0.717, 1.165) is 11.1 Å². The van der Waals surface area contributed by atoms with E-state index < -0.39 is 0 Å². The predicted octanol–water partition coefficient (Wildman–Crippen LogP) is 4.23. The van der Waals surface area contributed by atoms with Gasteiger partial charge >= 0.3 is 0 Å². The highest BCUT2D eigenvalue weighted by Gasteiger charge is 2.39. The van der Waals surface area contributed by atoms with Crippen molar-refractivity contribution in [3.8, 4) is 0 Å². The number of anilines is 1. The number of hydrogen-bond acceptors (Lipinski definition) is 3. The first-order valence-corrected chi connectivity index (χ1v) is 8.62. The van der Waals surface area contributed by atoms with Gasteiger partial charge < -0.3 is 5.11 Å². The van der Waals surface area contributed by atoms with Crippen molar-refractivity contribution in [3.63, 3.8) is 0 Å². The van der Waals surface area contributed by atoms with Gasteiger partial charge in [0.05, 0.1) is 23.4 Å². The van der Waals surface area contributed by atoms with Crippen molar-refractivity contribution in [2.24, 2.45) is 0 Å². The van der Waals surface area contributed by atoms with Gasteiger partial charge in [0.25, 0.3) is 11.8 Å². The van der Waals surface area contributed by atoms with Crippen LogP contribution in [0, 0.1) is 0 Å². The van der Waals surface area contributed by atoms with Gasteiger partial charge in [0.1, 0.15) is 0 Å². The molecule has 2 amide bonds. The maximum atomic E-state index is 13.0. The van der Waals surface area contributed by atoms with E-state index in [1.54, 1.807) is 18.2 Å². The zero-order chi connectivity index (χ0) is 18.3. The standard InChI is InChI=1S/C21H23NO3/c1-12(2)15-6-5-7-16(13(3)4)19(15)22-20(24)17-9-8-14(11-23)10-18(17)21(22)25/h5-10,12-13,23H,11H2,1-4H3. The minimum absolute atomic E-state index is 0.158. The van der Waals surface area contributed by atoms with E-state index in [-0.39, 0.29) is 30.3 Å². The van der Waals surface area contributed by atoms with Crippen LogP contribution in [-0.2, 0) is 6.61 Å². The SMILES string of the molecule is CC(C)c1cccc(C(C)C)c1N1C(=O)c2ccc(CO)cc2C1=O. The van der Waals surface area contributed by atoms with Crippen molar-refractivity contribution >= 4 is 17.5 Å². The van der Waals surface area contributed by atoms with Crippen molar-refractivity contribution in [3.05, 3.63) is 64.2 Å². The number of hydrogen-bond donors (Lipinski definition) is 1. The average molecular weight is 337 g/mol. The smallest absolute Gasteiger partial charge is 0.266 e. The van der Waals surface area contributed by atoms with Gasteiger partial charge in [-0.3, -0.25) is 9.59 Å². The van der Waals surface area contributed by atoms with Gasteiger partial charge in [-0.25, -0.2) is 4.90 Å². The van der Waals surface area contributed by atoms with Crippen molar-refractivity contribution in [2.75, 3.05) is 4.90 Å². The third-order valence-electron chi connectivity index (χ3n) is 4.70. The van der Waals surface area contributed by atoms with E-state index in [0.29, 0.717) is 22.4 Å². The van der Waals surface area contributed by atoms with Gasteiger partial charge in [-0.15, -0.1) is 0 Å². The molecule has 130 valence electrons. The van der Waals surface area contributed by atoms with Gasteiger partial charge in [-0.1, -0.05) is 52.0 Å². The van der Waals surface area contributed by atoms with Gasteiger partial charge in [-0.2, -0.15) is 0 Å². The number of nitrogens with zero attached hydrogens (tertiary/aromatic N) is 1. The molecule has 0 aliphatic carbocycles. The normalized spacial score (nSPS) is 14.0. The van der Waals surface area contributed by atoms with Crippen LogP contribution in [0.25, 0.3) is 0 Å². The average Bonchev–Trinajstić information content (AvgIpc) is 2.84. The van der Waals surface area contributed by atoms with Crippen LogP contribution in [0.3, 0.4) is 0 Å². The maximum Gasteiger partial charge on any atom is 0.266 e. The summed E-state index contributed by atoms with van der Waals surface area (Å²) in [6, 6.07) is 10.9. The molecule has 0 saturated heterocycles. The van der Waals surface area contributed by atoms with Crippen LogP contribution in [0.5, 0.6) is 0 Å². The zero-order valence-corrected chi connectivity index (χ0v) is 15.0. The molecule has 4 heteroatoms. The fourth-order valence-corrected chi connectivity index (χ4v) is 3.36. The Balaban J connectivity index is 2.21. The van der Waals surface area contributed by atoms with E-state index in [1.807, 2.05) is 18.2 Å². The van der Waals surface area contributed by atoms with Crippen molar-refractivity contribution < 1.29 is 14.7 Å². The molecular weight excluding hydrogens is 314 g/mol. The predicted molar refractivity (Wildman–Crippen MR) is 98.1 cm³/mol. The summed E-state index contributed by atoms with van der Waals surface area (Å²) >= 11 is 0. The Hall–Kier alpha value is -2.46. The van der Waals surface area contributed by atoms with Crippen molar-refractivity contribution in [1.82, 2.24) is 0 Å². The molecule has 0 bridgehead atoms. The lowest BCUT2D eigenvalue weighted by Gasteiger charge is -2.25. The number of imide groups is 1. The Kier molecular flexibility index (Phi) is 4.48. The molecule has 1 aliphatic rings. The third-order valence-corrected chi connectivity index (χ3v) is 4.70. The van der Waals surface area contributed by atoms with Gasteiger partial charge in [-0.05, 0) is 40.7 Å². The monoisotopic (exact) mass is 337 g/mol. The molecule has 0 aromatic heterocycles. The minimum atomic E-state index is -0.315. The fraction of sp³-hybridized carbons (Fsp3) is 0.333. The molecule has 0 saturated carbocycles. The first-order valence-electron chi connectivity index (χ1n) is 8.62. The number of aliphatic hydroxyl groups excluding tert-OH is 1. The molecule has 0 unspecified atom stereocenters. The van der Waals surface area contributed by atoms with Gasteiger partial charge in [0, 0.05) is 0 Å². The van der Waals surface area contributed by atoms with Crippen LogP contribution in [-0.4, -0.2) is 16.9 Å². The number of rotatable bonds is 4. The number of fused-ring (bicyclic) bond motifs is 1. The highest BCUT2D eigenvalue weighted by Crippen LogP contribution is 2.39. The topological polar surface area (TPSA) is 57.6 Å². The number of carbonyl (C=O) groups is 2. The molecule has 25 heavy (non-hydrogen) atoms.